The normalized spacial score (nSPS) is 11.4. The third kappa shape index (κ3) is 6.12. The first-order valence-electron chi connectivity index (χ1n) is 8.26. The number of rotatable bonds is 8. The molecule has 3 N–H and O–H groups in total. The molecule has 2 rings (SSSR count). The van der Waals surface area contributed by atoms with Gasteiger partial charge >= 0.3 is 0 Å². The van der Waals surface area contributed by atoms with Gasteiger partial charge in [-0.15, -0.1) is 0 Å². The van der Waals surface area contributed by atoms with Gasteiger partial charge in [0.15, 0.2) is 11.5 Å². The topological polar surface area (TPSA) is 108 Å². The molecular formula is C19H22N2O5S. The number of benzene rings is 2. The minimum atomic E-state index is -3.83. The first-order chi connectivity index (χ1) is 12.8. The Bertz CT molecular complexity index is 939. The summed E-state index contributed by atoms with van der Waals surface area (Å²) in [6.07, 6.45) is 3.84. The van der Waals surface area contributed by atoms with Crippen LogP contribution in [0.2, 0.25) is 0 Å². The zero-order valence-electron chi connectivity index (χ0n) is 15.1. The highest BCUT2D eigenvalue weighted by Gasteiger charge is 2.09. The largest absolute Gasteiger partial charge is 0.493 e. The van der Waals surface area contributed by atoms with Crippen LogP contribution in [0.15, 0.2) is 53.4 Å². The second kappa shape index (κ2) is 9.20. The number of nitrogens with two attached hydrogens (primary N) is 1. The molecule has 0 fully saturated rings. The van der Waals surface area contributed by atoms with Crippen LogP contribution >= 0.6 is 0 Å². The highest BCUT2D eigenvalue weighted by Crippen LogP contribution is 2.28. The molecule has 0 aliphatic rings. The van der Waals surface area contributed by atoms with E-state index in [0.717, 1.165) is 12.0 Å². The average molecular weight is 390 g/mol. The lowest BCUT2D eigenvalue weighted by atomic mass is 10.2. The number of sulfonamides is 1. The Balaban J connectivity index is 2.08. The predicted molar refractivity (Wildman–Crippen MR) is 104 cm³/mol. The van der Waals surface area contributed by atoms with Crippen LogP contribution < -0.4 is 19.9 Å². The SMILES string of the molecule is CCCOc1ccc(/C=C/C(=O)Nc2cccc(S(N)(=O)=O)c2)cc1OC. The Labute approximate surface area is 158 Å². The van der Waals surface area contributed by atoms with Crippen molar-refractivity contribution in [1.82, 2.24) is 0 Å². The van der Waals surface area contributed by atoms with Crippen molar-refractivity contribution < 1.29 is 22.7 Å². The number of methoxy groups -OCH3 is 1. The van der Waals surface area contributed by atoms with Gasteiger partial charge in [-0.1, -0.05) is 19.1 Å². The van der Waals surface area contributed by atoms with Crippen molar-refractivity contribution in [2.45, 2.75) is 18.2 Å². The molecule has 1 amide bonds. The van der Waals surface area contributed by atoms with E-state index in [1.165, 1.54) is 24.3 Å². The molecule has 0 aromatic heterocycles. The van der Waals surface area contributed by atoms with Gasteiger partial charge in [-0.2, -0.15) is 0 Å². The van der Waals surface area contributed by atoms with E-state index in [-0.39, 0.29) is 4.90 Å². The van der Waals surface area contributed by atoms with Crippen molar-refractivity contribution in [1.29, 1.82) is 0 Å². The maximum Gasteiger partial charge on any atom is 0.248 e. The highest BCUT2D eigenvalue weighted by atomic mass is 32.2. The van der Waals surface area contributed by atoms with E-state index in [9.17, 15) is 13.2 Å². The Kier molecular flexibility index (Phi) is 6.98. The lowest BCUT2D eigenvalue weighted by Gasteiger charge is -2.10. The van der Waals surface area contributed by atoms with Gasteiger partial charge in [-0.05, 0) is 48.4 Å². The summed E-state index contributed by atoms with van der Waals surface area (Å²) in [5.74, 6) is 0.805. The molecule has 0 atom stereocenters. The average Bonchev–Trinajstić information content (AvgIpc) is 2.64. The number of anilines is 1. The molecule has 2 aromatic rings. The van der Waals surface area contributed by atoms with E-state index < -0.39 is 15.9 Å². The zero-order chi connectivity index (χ0) is 19.9. The van der Waals surface area contributed by atoms with Gasteiger partial charge in [-0.25, -0.2) is 13.6 Å². The molecule has 8 heteroatoms. The number of nitrogens with one attached hydrogen (secondary N) is 1. The zero-order valence-corrected chi connectivity index (χ0v) is 16.0. The molecule has 0 aliphatic carbocycles. The number of primary sulfonamides is 1. The van der Waals surface area contributed by atoms with Crippen molar-refractivity contribution in [2.24, 2.45) is 5.14 Å². The molecule has 0 bridgehead atoms. The van der Waals surface area contributed by atoms with Crippen LogP contribution in [0.25, 0.3) is 6.08 Å². The van der Waals surface area contributed by atoms with E-state index in [2.05, 4.69) is 5.32 Å². The first-order valence-corrected chi connectivity index (χ1v) is 9.81. The van der Waals surface area contributed by atoms with Crippen LogP contribution in [0.3, 0.4) is 0 Å². The van der Waals surface area contributed by atoms with Crippen LogP contribution in [-0.4, -0.2) is 28.0 Å². The van der Waals surface area contributed by atoms with Crippen LogP contribution in [0.5, 0.6) is 11.5 Å². The van der Waals surface area contributed by atoms with Crippen molar-refractivity contribution in [3.05, 3.63) is 54.1 Å². The van der Waals surface area contributed by atoms with Gasteiger partial charge in [0.1, 0.15) is 0 Å². The molecule has 2 aromatic carbocycles. The van der Waals surface area contributed by atoms with E-state index >= 15 is 0 Å². The van der Waals surface area contributed by atoms with Gasteiger partial charge in [0.05, 0.1) is 18.6 Å². The summed E-state index contributed by atoms with van der Waals surface area (Å²) >= 11 is 0. The molecule has 0 saturated heterocycles. The fraction of sp³-hybridized carbons (Fsp3) is 0.211. The maximum atomic E-state index is 12.1. The summed E-state index contributed by atoms with van der Waals surface area (Å²) in [5, 5.41) is 7.68. The summed E-state index contributed by atoms with van der Waals surface area (Å²) < 4.78 is 33.6. The minimum absolute atomic E-state index is 0.0725. The fourth-order valence-electron chi connectivity index (χ4n) is 2.23. The maximum absolute atomic E-state index is 12.1. The van der Waals surface area contributed by atoms with Crippen molar-refractivity contribution in [3.63, 3.8) is 0 Å². The standard InChI is InChI=1S/C19H22N2O5S/c1-3-11-26-17-9-7-14(12-18(17)25-2)8-10-19(22)21-15-5-4-6-16(13-15)27(20,23)24/h4-10,12-13H,3,11H2,1-2H3,(H,21,22)(H2,20,23,24)/b10-8+. The summed E-state index contributed by atoms with van der Waals surface area (Å²) in [6.45, 7) is 2.60. The van der Waals surface area contributed by atoms with Gasteiger partial charge in [0.2, 0.25) is 15.9 Å². The van der Waals surface area contributed by atoms with E-state index in [0.29, 0.717) is 23.8 Å². The fourth-order valence-corrected chi connectivity index (χ4v) is 2.79. The van der Waals surface area contributed by atoms with Crippen LogP contribution in [-0.2, 0) is 14.8 Å². The molecule has 0 saturated carbocycles. The molecular weight excluding hydrogens is 368 g/mol. The summed E-state index contributed by atoms with van der Waals surface area (Å²) in [4.78, 5) is 12.0. The Morgan fingerprint density at radius 2 is 1.96 bits per heavy atom. The van der Waals surface area contributed by atoms with Gasteiger partial charge in [0, 0.05) is 11.8 Å². The Morgan fingerprint density at radius 3 is 2.63 bits per heavy atom. The third-order valence-electron chi connectivity index (χ3n) is 3.51. The second-order valence-electron chi connectivity index (χ2n) is 5.65. The van der Waals surface area contributed by atoms with Crippen LogP contribution in [0, 0.1) is 0 Å². The summed E-state index contributed by atoms with van der Waals surface area (Å²) in [6, 6.07) is 11.1. The van der Waals surface area contributed by atoms with Crippen molar-refractivity contribution in [2.75, 3.05) is 19.0 Å². The first kappa shape index (κ1) is 20.5. The Hall–Kier alpha value is -2.84. The Morgan fingerprint density at radius 1 is 1.19 bits per heavy atom. The predicted octanol–water partition coefficient (Wildman–Crippen LogP) is 2.78. The lowest BCUT2D eigenvalue weighted by Crippen LogP contribution is -2.13. The smallest absolute Gasteiger partial charge is 0.248 e. The van der Waals surface area contributed by atoms with Crippen LogP contribution in [0.1, 0.15) is 18.9 Å². The van der Waals surface area contributed by atoms with E-state index in [1.54, 1.807) is 37.5 Å². The number of carbonyl (C=O) groups excluding carboxylic acids is 1. The molecule has 0 spiro atoms. The van der Waals surface area contributed by atoms with Crippen LogP contribution in [0.4, 0.5) is 5.69 Å². The highest BCUT2D eigenvalue weighted by molar-refractivity contribution is 7.89. The third-order valence-corrected chi connectivity index (χ3v) is 4.42. The van der Waals surface area contributed by atoms with Crippen molar-refractivity contribution >= 4 is 27.7 Å². The number of carbonyl (C=O) groups is 1. The minimum Gasteiger partial charge on any atom is -0.493 e. The number of hydrogen-bond donors (Lipinski definition) is 2. The van der Waals surface area contributed by atoms with Gasteiger partial charge < -0.3 is 14.8 Å². The van der Waals surface area contributed by atoms with E-state index in [1.807, 2.05) is 6.92 Å². The summed E-state index contributed by atoms with van der Waals surface area (Å²) in [5.41, 5.74) is 1.08. The van der Waals surface area contributed by atoms with Crippen molar-refractivity contribution in [3.8, 4) is 11.5 Å². The molecule has 0 heterocycles. The van der Waals surface area contributed by atoms with Gasteiger partial charge in [0.25, 0.3) is 0 Å². The second-order valence-corrected chi connectivity index (χ2v) is 7.22. The summed E-state index contributed by atoms with van der Waals surface area (Å²) in [7, 11) is -2.28. The lowest BCUT2D eigenvalue weighted by molar-refractivity contribution is -0.111. The molecule has 0 aliphatic heterocycles. The van der Waals surface area contributed by atoms with Gasteiger partial charge in [-0.3, -0.25) is 4.79 Å². The molecule has 144 valence electrons. The van der Waals surface area contributed by atoms with E-state index in [4.69, 9.17) is 14.6 Å². The molecule has 0 unspecified atom stereocenters. The number of amides is 1. The monoisotopic (exact) mass is 390 g/mol. The number of ether oxygens (including phenoxy) is 2. The molecule has 7 nitrogen and oxygen atoms in total. The number of hydrogen-bond acceptors (Lipinski definition) is 5. The molecule has 0 radical (unpaired) electrons. The quantitative estimate of drug-likeness (QED) is 0.674. The molecule has 27 heavy (non-hydrogen) atoms.